The number of fused-ring (bicyclic) bond motifs is 2. The minimum Gasteiger partial charge on any atom is -0.345 e. The molecule has 0 fully saturated rings. The summed E-state index contributed by atoms with van der Waals surface area (Å²) in [6, 6.07) is 25.4. The van der Waals surface area contributed by atoms with Crippen LogP contribution in [0.3, 0.4) is 0 Å². The van der Waals surface area contributed by atoms with Gasteiger partial charge in [-0.3, -0.25) is 4.79 Å². The number of aromatic nitrogens is 4. The van der Waals surface area contributed by atoms with Gasteiger partial charge < -0.3 is 15.3 Å². The number of hydrogen-bond acceptors (Lipinski definition) is 3. The molecule has 2 atom stereocenters. The highest BCUT2D eigenvalue weighted by molar-refractivity contribution is 5.84. The lowest BCUT2D eigenvalue weighted by molar-refractivity contribution is -0.123. The largest absolute Gasteiger partial charge is 0.345 e. The molecule has 0 bridgehead atoms. The van der Waals surface area contributed by atoms with E-state index in [1.165, 1.54) is 0 Å². The molecule has 5 aromatic rings. The summed E-state index contributed by atoms with van der Waals surface area (Å²) in [5.41, 5.74) is 4.73. The maximum absolute atomic E-state index is 13.4. The Bertz CT molecular complexity index is 1290. The van der Waals surface area contributed by atoms with Crippen LogP contribution in [0.25, 0.3) is 22.1 Å². The molecule has 5 rings (SSSR count). The van der Waals surface area contributed by atoms with Crippen LogP contribution in [0.2, 0.25) is 0 Å². The third-order valence-corrected chi connectivity index (χ3v) is 5.82. The van der Waals surface area contributed by atoms with Crippen LogP contribution in [0.5, 0.6) is 0 Å². The molecule has 0 aliphatic rings. The van der Waals surface area contributed by atoms with Crippen molar-refractivity contribution in [3.63, 3.8) is 0 Å². The summed E-state index contributed by atoms with van der Waals surface area (Å²) in [4.78, 5) is 29.6. The van der Waals surface area contributed by atoms with Gasteiger partial charge in [0.25, 0.3) is 0 Å². The molecule has 1 amide bonds. The van der Waals surface area contributed by atoms with E-state index >= 15 is 0 Å². The quantitative estimate of drug-likeness (QED) is 0.343. The molecule has 6 heteroatoms. The van der Waals surface area contributed by atoms with Gasteiger partial charge in [-0.2, -0.15) is 0 Å². The van der Waals surface area contributed by atoms with Gasteiger partial charge in [0.05, 0.1) is 34.0 Å². The highest BCUT2D eigenvalue weighted by atomic mass is 16.2. The molecule has 2 heterocycles. The van der Waals surface area contributed by atoms with Gasteiger partial charge in [-0.1, -0.05) is 61.5 Å². The Kier molecular flexibility index (Phi) is 5.42. The number of nitrogens with one attached hydrogen (secondary N) is 3. The second-order valence-corrected chi connectivity index (χ2v) is 7.98. The number of para-hydroxylation sites is 4. The Morgan fingerprint density at radius 1 is 0.844 bits per heavy atom. The van der Waals surface area contributed by atoms with E-state index in [0.717, 1.165) is 39.3 Å². The molecule has 6 nitrogen and oxygen atoms in total. The van der Waals surface area contributed by atoms with E-state index in [1.807, 2.05) is 85.8 Å². The monoisotopic (exact) mass is 423 g/mol. The molecule has 160 valence electrons. The van der Waals surface area contributed by atoms with Gasteiger partial charge in [0, 0.05) is 6.42 Å². The predicted molar refractivity (Wildman–Crippen MR) is 126 cm³/mol. The smallest absolute Gasteiger partial charge is 0.228 e. The number of carbonyl (C=O) groups excluding carboxylic acids is 1. The zero-order valence-electron chi connectivity index (χ0n) is 17.9. The Morgan fingerprint density at radius 2 is 1.47 bits per heavy atom. The van der Waals surface area contributed by atoms with Crippen LogP contribution in [-0.2, 0) is 11.2 Å². The zero-order valence-corrected chi connectivity index (χ0v) is 17.9. The molecular formula is C26H25N5O. The van der Waals surface area contributed by atoms with Crippen LogP contribution in [-0.4, -0.2) is 25.8 Å². The van der Waals surface area contributed by atoms with Gasteiger partial charge in [-0.25, -0.2) is 9.97 Å². The van der Waals surface area contributed by atoms with Crippen molar-refractivity contribution in [2.75, 3.05) is 0 Å². The predicted octanol–water partition coefficient (Wildman–Crippen LogP) is 5.03. The number of H-pyrrole nitrogens is 2. The lowest BCUT2D eigenvalue weighted by Gasteiger charge is -2.21. The third kappa shape index (κ3) is 3.99. The van der Waals surface area contributed by atoms with Gasteiger partial charge in [-0.15, -0.1) is 0 Å². The van der Waals surface area contributed by atoms with Gasteiger partial charge >= 0.3 is 0 Å². The Morgan fingerprint density at radius 3 is 2.12 bits per heavy atom. The lowest BCUT2D eigenvalue weighted by atomic mass is 9.95. The molecule has 0 saturated heterocycles. The van der Waals surface area contributed by atoms with Gasteiger partial charge in [-0.05, 0) is 36.2 Å². The Hall–Kier alpha value is -3.93. The molecule has 0 radical (unpaired) electrons. The van der Waals surface area contributed by atoms with E-state index in [0.29, 0.717) is 12.8 Å². The number of amides is 1. The van der Waals surface area contributed by atoms with Crippen molar-refractivity contribution in [1.29, 1.82) is 0 Å². The van der Waals surface area contributed by atoms with Crippen LogP contribution in [0.15, 0.2) is 78.9 Å². The summed E-state index contributed by atoms with van der Waals surface area (Å²) >= 11 is 0. The van der Waals surface area contributed by atoms with Crippen LogP contribution in [0, 0.1) is 0 Å². The first-order valence-electron chi connectivity index (χ1n) is 10.9. The van der Waals surface area contributed by atoms with E-state index in [4.69, 9.17) is 9.97 Å². The molecule has 3 N–H and O–H groups in total. The van der Waals surface area contributed by atoms with Crippen molar-refractivity contribution in [3.05, 3.63) is 96.1 Å². The molecular weight excluding hydrogens is 398 g/mol. The number of nitrogens with zero attached hydrogens (tertiary/aromatic N) is 2. The number of benzene rings is 3. The fourth-order valence-corrected chi connectivity index (χ4v) is 4.18. The van der Waals surface area contributed by atoms with E-state index in [-0.39, 0.29) is 17.9 Å². The molecule has 2 aromatic heterocycles. The second kappa shape index (κ2) is 8.67. The van der Waals surface area contributed by atoms with Crippen LogP contribution in [0.4, 0.5) is 0 Å². The van der Waals surface area contributed by atoms with Crippen LogP contribution < -0.4 is 5.32 Å². The van der Waals surface area contributed by atoms with Crippen molar-refractivity contribution in [2.45, 2.75) is 31.7 Å². The standard InChI is InChI=1S/C26H25N5O/c1-2-18(17-10-4-3-5-11-17)26(32)31-23(25-29-21-14-8-9-15-22(21)30-25)16-24-27-19-12-6-7-13-20(19)28-24/h3-15,18,23H,2,16H2,1H3,(H,27,28)(H,29,30)(H,31,32). The summed E-state index contributed by atoms with van der Waals surface area (Å²) in [6.45, 7) is 2.03. The average Bonchev–Trinajstić information content (AvgIpc) is 3.43. The van der Waals surface area contributed by atoms with Gasteiger partial charge in [0.2, 0.25) is 5.91 Å². The van der Waals surface area contributed by atoms with E-state index in [9.17, 15) is 4.79 Å². The summed E-state index contributed by atoms with van der Waals surface area (Å²) in [6.07, 6.45) is 1.22. The first kappa shape index (κ1) is 20.0. The van der Waals surface area contributed by atoms with Crippen LogP contribution >= 0.6 is 0 Å². The Labute approximate surface area is 186 Å². The highest BCUT2D eigenvalue weighted by Gasteiger charge is 2.25. The van der Waals surface area contributed by atoms with Crippen molar-refractivity contribution in [1.82, 2.24) is 25.3 Å². The minimum atomic E-state index is -0.340. The summed E-state index contributed by atoms with van der Waals surface area (Å²) in [5.74, 6) is 1.30. The van der Waals surface area contributed by atoms with E-state index in [2.05, 4.69) is 15.3 Å². The third-order valence-electron chi connectivity index (χ3n) is 5.82. The van der Waals surface area contributed by atoms with Crippen molar-refractivity contribution in [3.8, 4) is 0 Å². The number of imidazole rings is 2. The number of rotatable bonds is 7. The molecule has 0 saturated carbocycles. The second-order valence-electron chi connectivity index (χ2n) is 7.98. The minimum absolute atomic E-state index is 0.0136. The van der Waals surface area contributed by atoms with Gasteiger partial charge in [0.15, 0.2) is 0 Å². The van der Waals surface area contributed by atoms with Crippen molar-refractivity contribution < 1.29 is 4.79 Å². The maximum atomic E-state index is 13.4. The number of aromatic amines is 2. The summed E-state index contributed by atoms with van der Waals surface area (Å²) in [7, 11) is 0. The SMILES string of the molecule is CCC(C(=O)NC(Cc1nc2ccccc2[nH]1)c1nc2ccccc2[nH]1)c1ccccc1. The number of carbonyl (C=O) groups is 1. The first-order chi connectivity index (χ1) is 15.7. The summed E-state index contributed by atoms with van der Waals surface area (Å²) < 4.78 is 0. The first-order valence-corrected chi connectivity index (χ1v) is 10.9. The van der Waals surface area contributed by atoms with Crippen LogP contribution in [0.1, 0.15) is 42.5 Å². The normalized spacial score (nSPS) is 13.3. The van der Waals surface area contributed by atoms with Gasteiger partial charge in [0.1, 0.15) is 11.6 Å². The Balaban J connectivity index is 1.47. The highest BCUT2D eigenvalue weighted by Crippen LogP contribution is 2.24. The molecule has 0 aliphatic carbocycles. The lowest BCUT2D eigenvalue weighted by Crippen LogP contribution is -2.34. The molecule has 2 unspecified atom stereocenters. The zero-order chi connectivity index (χ0) is 21.9. The molecule has 32 heavy (non-hydrogen) atoms. The maximum Gasteiger partial charge on any atom is 0.228 e. The van der Waals surface area contributed by atoms with E-state index < -0.39 is 0 Å². The van der Waals surface area contributed by atoms with Crippen molar-refractivity contribution in [2.24, 2.45) is 0 Å². The fraction of sp³-hybridized carbons (Fsp3) is 0.192. The molecule has 3 aromatic carbocycles. The topological polar surface area (TPSA) is 86.5 Å². The fourth-order valence-electron chi connectivity index (χ4n) is 4.18. The van der Waals surface area contributed by atoms with Crippen molar-refractivity contribution >= 4 is 28.0 Å². The van der Waals surface area contributed by atoms with E-state index in [1.54, 1.807) is 0 Å². The molecule has 0 aliphatic heterocycles. The average molecular weight is 424 g/mol. The summed E-state index contributed by atoms with van der Waals surface area (Å²) in [5, 5.41) is 3.24. The molecule has 0 spiro atoms. The number of hydrogen-bond donors (Lipinski definition) is 3.